The van der Waals surface area contributed by atoms with Crippen molar-refractivity contribution in [2.24, 2.45) is 11.7 Å². The summed E-state index contributed by atoms with van der Waals surface area (Å²) < 4.78 is 0. The Bertz CT molecular complexity index is 2600. The predicted molar refractivity (Wildman–Crippen MR) is 260 cm³/mol. The molecule has 5 amide bonds. The third-order valence-electron chi connectivity index (χ3n) is 14.8. The minimum absolute atomic E-state index is 0.0145. The average molecular weight is 938 g/mol. The van der Waals surface area contributed by atoms with E-state index in [1.54, 1.807) is 4.90 Å². The summed E-state index contributed by atoms with van der Waals surface area (Å²) in [5, 5.41) is 6.35. The summed E-state index contributed by atoms with van der Waals surface area (Å²) in [7, 11) is 0. The number of carbonyl (C=O) groups is 5. The molecule has 1 unspecified atom stereocenters. The number of piperazine rings is 1. The van der Waals surface area contributed by atoms with Gasteiger partial charge in [0.1, 0.15) is 22.6 Å². The quantitative estimate of drug-likeness (QED) is 0.173. The van der Waals surface area contributed by atoms with Crippen LogP contribution in [0.1, 0.15) is 96.7 Å². The molecule has 1 atom stereocenters. The molecule has 4 fully saturated rings. The van der Waals surface area contributed by atoms with Crippen LogP contribution in [0.4, 0.5) is 17.2 Å². The minimum atomic E-state index is -0.646. The fourth-order valence-electron chi connectivity index (χ4n) is 10.6. The molecular formula is C51H59N11O5S. The van der Waals surface area contributed by atoms with Gasteiger partial charge in [-0.25, -0.2) is 9.97 Å². The molecule has 4 aromatic rings. The van der Waals surface area contributed by atoms with E-state index < -0.39 is 11.9 Å². The van der Waals surface area contributed by atoms with Gasteiger partial charge >= 0.3 is 0 Å². The maximum Gasteiger partial charge on any atom is 0.272 e. The molecule has 2 aromatic heterocycles. The third kappa shape index (κ3) is 10.0. The Morgan fingerprint density at radius 3 is 2.34 bits per heavy atom. The molecule has 68 heavy (non-hydrogen) atoms. The molecule has 1 aliphatic carbocycles. The molecule has 1 saturated carbocycles. The number of nitrogens with one attached hydrogen (secondary N) is 2. The Balaban J connectivity index is 0.653. The Labute approximate surface area is 401 Å². The van der Waals surface area contributed by atoms with Crippen molar-refractivity contribution in [3.8, 4) is 0 Å². The topological polar surface area (TPSA) is 190 Å². The second-order valence-corrected chi connectivity index (χ2v) is 20.5. The zero-order valence-electron chi connectivity index (χ0n) is 38.6. The van der Waals surface area contributed by atoms with Gasteiger partial charge in [0.15, 0.2) is 0 Å². The first-order chi connectivity index (χ1) is 32.9. The van der Waals surface area contributed by atoms with Crippen LogP contribution in [0.2, 0.25) is 0 Å². The van der Waals surface area contributed by atoms with Crippen molar-refractivity contribution in [2.45, 2.75) is 98.8 Å². The first kappa shape index (κ1) is 45.6. The van der Waals surface area contributed by atoms with Gasteiger partial charge < -0.3 is 30.7 Å². The molecule has 6 aliphatic rings. The van der Waals surface area contributed by atoms with Gasteiger partial charge in [-0.15, -0.1) is 0 Å². The zero-order valence-corrected chi connectivity index (χ0v) is 39.4. The maximum atomic E-state index is 13.6. The van der Waals surface area contributed by atoms with Crippen molar-refractivity contribution in [3.05, 3.63) is 102 Å². The number of carbonyl (C=O) groups excluding carboxylic acids is 5. The van der Waals surface area contributed by atoms with Crippen LogP contribution in [-0.2, 0) is 20.9 Å². The number of benzene rings is 2. The summed E-state index contributed by atoms with van der Waals surface area (Å²) >= 11 is 1.53. The van der Waals surface area contributed by atoms with Gasteiger partial charge in [-0.3, -0.25) is 39.2 Å². The van der Waals surface area contributed by atoms with Gasteiger partial charge in [0.2, 0.25) is 17.7 Å². The number of imide groups is 1. The monoisotopic (exact) mass is 937 g/mol. The lowest BCUT2D eigenvalue weighted by atomic mass is 9.84. The number of aromatic nitrogens is 3. The highest BCUT2D eigenvalue weighted by molar-refractivity contribution is 7.99. The summed E-state index contributed by atoms with van der Waals surface area (Å²) in [5.41, 5.74) is 12.1. The molecule has 0 bridgehead atoms. The summed E-state index contributed by atoms with van der Waals surface area (Å²) in [6.45, 7) is 8.36. The lowest BCUT2D eigenvalue weighted by Crippen LogP contribution is -2.52. The van der Waals surface area contributed by atoms with E-state index >= 15 is 0 Å². The average Bonchev–Trinajstić information content (AvgIpc) is 3.69. The number of hydrogen-bond donors (Lipinski definition) is 3. The van der Waals surface area contributed by atoms with E-state index in [9.17, 15) is 24.0 Å². The van der Waals surface area contributed by atoms with Crippen LogP contribution < -0.4 is 26.2 Å². The number of nitrogens with two attached hydrogens (primary N) is 1. The largest absolute Gasteiger partial charge is 0.368 e. The summed E-state index contributed by atoms with van der Waals surface area (Å²) in [6.07, 6.45) is 14.8. The van der Waals surface area contributed by atoms with Crippen LogP contribution in [0.15, 0.2) is 89.2 Å². The van der Waals surface area contributed by atoms with Crippen LogP contribution >= 0.6 is 11.8 Å². The molecule has 5 aliphatic heterocycles. The number of pyridine rings is 1. The maximum absolute atomic E-state index is 13.6. The van der Waals surface area contributed by atoms with Crippen LogP contribution in [-0.4, -0.2) is 129 Å². The molecule has 16 nitrogen and oxygen atoms in total. The number of anilines is 3. The molecule has 17 heteroatoms. The van der Waals surface area contributed by atoms with Crippen LogP contribution in [0.3, 0.4) is 0 Å². The van der Waals surface area contributed by atoms with Gasteiger partial charge in [0, 0.05) is 111 Å². The normalized spacial score (nSPS) is 23.2. The third-order valence-corrected chi connectivity index (χ3v) is 15.7. The summed E-state index contributed by atoms with van der Waals surface area (Å²) in [5.74, 6) is -0.0493. The highest BCUT2D eigenvalue weighted by atomic mass is 32.2. The smallest absolute Gasteiger partial charge is 0.272 e. The van der Waals surface area contributed by atoms with E-state index in [4.69, 9.17) is 5.73 Å². The first-order valence-electron chi connectivity index (χ1n) is 24.1. The predicted octanol–water partition coefficient (Wildman–Crippen LogP) is 5.35. The molecular weight excluding hydrogens is 879 g/mol. The van der Waals surface area contributed by atoms with Gasteiger partial charge in [-0.05, 0) is 117 Å². The van der Waals surface area contributed by atoms with Crippen molar-refractivity contribution < 1.29 is 24.0 Å². The first-order valence-corrected chi connectivity index (χ1v) is 24.9. The van der Waals surface area contributed by atoms with E-state index in [1.807, 2.05) is 78.1 Å². The van der Waals surface area contributed by atoms with E-state index in [0.29, 0.717) is 56.4 Å². The highest BCUT2D eigenvalue weighted by Crippen LogP contribution is 2.35. The van der Waals surface area contributed by atoms with Gasteiger partial charge in [0.25, 0.3) is 11.8 Å². The van der Waals surface area contributed by atoms with Crippen molar-refractivity contribution >= 4 is 64.1 Å². The Hall–Kier alpha value is -6.17. The number of fused-ring (bicyclic) bond motifs is 1. The van der Waals surface area contributed by atoms with E-state index in [2.05, 4.69) is 53.3 Å². The second-order valence-electron chi connectivity index (χ2n) is 19.4. The molecule has 4 N–H and O–H groups in total. The number of nitrogens with zero attached hydrogens (tertiary/aromatic N) is 8. The van der Waals surface area contributed by atoms with Gasteiger partial charge in [-0.2, -0.15) is 0 Å². The number of hydrogen-bond acceptors (Lipinski definition) is 13. The molecule has 0 spiro atoms. The number of amides is 5. The van der Waals surface area contributed by atoms with Crippen LogP contribution in [0.5, 0.6) is 0 Å². The minimum Gasteiger partial charge on any atom is -0.368 e. The molecule has 0 radical (unpaired) electrons. The number of piperidine rings is 2. The van der Waals surface area contributed by atoms with E-state index in [1.165, 1.54) is 17.3 Å². The van der Waals surface area contributed by atoms with E-state index in [-0.39, 0.29) is 41.5 Å². The highest BCUT2D eigenvalue weighted by Gasteiger charge is 2.39. The Morgan fingerprint density at radius 2 is 1.63 bits per heavy atom. The Morgan fingerprint density at radius 1 is 0.824 bits per heavy atom. The fraction of sp³-hybridized carbons (Fsp3) is 0.451. The van der Waals surface area contributed by atoms with Gasteiger partial charge in [-0.1, -0.05) is 30.0 Å². The summed E-state index contributed by atoms with van der Waals surface area (Å²) in [4.78, 5) is 89.6. The lowest BCUT2D eigenvalue weighted by molar-refractivity contribution is -0.137. The molecule has 2 aromatic carbocycles. The van der Waals surface area contributed by atoms with Crippen LogP contribution in [0, 0.1) is 5.92 Å². The zero-order chi connectivity index (χ0) is 46.9. The van der Waals surface area contributed by atoms with Crippen molar-refractivity contribution in [2.75, 3.05) is 67.5 Å². The standard InChI is InChI=1S/C51H59N11O5S/c1-51(52)17-21-60(22-18-51)44-30-55-46(31-54-44)68-40-4-2-3-37(28-40)56-47(64)34-5-8-38(9-6-34)58-19-15-33(16-20-58)35-7-12-42(53-29-35)50(67)61-25-23-59(24-26-61)39-10-11-41-36(27-39)32-62(49(41)66)43-13-14-45(63)57-48(43)65/h2-4,7,10-12,15,27-31,34,38,43H,5-6,8-9,13-14,16-26,32,52H2,1H3,(H,56,64)(H,57,63,65). The lowest BCUT2D eigenvalue weighted by Gasteiger charge is -2.38. The van der Waals surface area contributed by atoms with E-state index in [0.717, 1.165) is 109 Å². The summed E-state index contributed by atoms with van der Waals surface area (Å²) in [6, 6.07) is 17.3. The van der Waals surface area contributed by atoms with Crippen LogP contribution in [0.25, 0.3) is 5.57 Å². The second kappa shape index (κ2) is 19.4. The molecule has 354 valence electrons. The number of rotatable bonds is 10. The molecule has 7 heterocycles. The van der Waals surface area contributed by atoms with Crippen molar-refractivity contribution in [3.63, 3.8) is 0 Å². The van der Waals surface area contributed by atoms with Gasteiger partial charge in [0.05, 0.1) is 12.4 Å². The molecule has 10 rings (SSSR count). The Kier molecular flexibility index (Phi) is 13.0. The SMILES string of the molecule is CC1(N)CCN(c2cnc(Sc3cccc(NC(=O)C4CCC(N5CC=C(c6ccc(C(=O)N7CCN(c8ccc9c(c8)CN(C8CCC(=O)NC8=O)C9=O)CC7)nc6)CC5)CC4)c3)cn2)CC1. The fourth-order valence-corrected chi connectivity index (χ4v) is 11.3. The molecule has 3 saturated heterocycles. The van der Waals surface area contributed by atoms with Crippen molar-refractivity contribution in [1.82, 2.24) is 35.0 Å². The van der Waals surface area contributed by atoms with Crippen molar-refractivity contribution in [1.29, 1.82) is 0 Å².